The van der Waals surface area contributed by atoms with Gasteiger partial charge < -0.3 is 11.1 Å². The molecule has 0 heterocycles. The average molecular weight is 325 g/mol. The van der Waals surface area contributed by atoms with Gasteiger partial charge in [0.15, 0.2) is 0 Å². The molecule has 3 N–H and O–H groups in total. The molecule has 6 heteroatoms. The number of hydrogen-bond donors (Lipinski definition) is 2. The van der Waals surface area contributed by atoms with Crippen molar-refractivity contribution >= 4 is 52.0 Å². The first-order valence-electron chi connectivity index (χ1n) is 5.63. The third-order valence-corrected chi connectivity index (χ3v) is 3.37. The van der Waals surface area contributed by atoms with Gasteiger partial charge in [-0.3, -0.25) is 4.79 Å². The number of halogens is 2. The normalized spacial score (nSPS) is 10.1. The highest BCUT2D eigenvalue weighted by Gasteiger charge is 2.10. The lowest BCUT2D eigenvalue weighted by Gasteiger charge is -2.08. The summed E-state index contributed by atoms with van der Waals surface area (Å²) in [6.07, 6.45) is 0. The van der Waals surface area contributed by atoms with Gasteiger partial charge >= 0.3 is 0 Å². The van der Waals surface area contributed by atoms with E-state index < -0.39 is 0 Å². The Balaban J connectivity index is 2.24. The molecular formula is C14H10Cl2N2OS. The van der Waals surface area contributed by atoms with Crippen LogP contribution in [-0.2, 0) is 0 Å². The molecule has 2 rings (SSSR count). The minimum atomic E-state index is -0.299. The molecule has 0 aliphatic carbocycles. The first-order chi connectivity index (χ1) is 9.47. The van der Waals surface area contributed by atoms with Crippen LogP contribution in [0.25, 0.3) is 0 Å². The summed E-state index contributed by atoms with van der Waals surface area (Å²) in [7, 11) is 0. The lowest BCUT2D eigenvalue weighted by atomic mass is 10.1. The largest absolute Gasteiger partial charge is 0.389 e. The molecule has 0 bridgehead atoms. The molecule has 2 aromatic rings. The smallest absolute Gasteiger partial charge is 0.255 e. The zero-order chi connectivity index (χ0) is 14.7. The number of carbonyl (C=O) groups is 1. The van der Waals surface area contributed by atoms with Gasteiger partial charge in [0.05, 0.1) is 10.7 Å². The van der Waals surface area contributed by atoms with Crippen molar-refractivity contribution in [3.05, 3.63) is 63.6 Å². The van der Waals surface area contributed by atoms with Crippen LogP contribution in [0.4, 0.5) is 5.69 Å². The first kappa shape index (κ1) is 14.8. The summed E-state index contributed by atoms with van der Waals surface area (Å²) in [5, 5.41) is 3.58. The Kier molecular flexibility index (Phi) is 4.60. The number of thiocarbonyl (C=S) groups is 1. The molecule has 0 radical (unpaired) electrons. The minimum Gasteiger partial charge on any atom is -0.389 e. The van der Waals surface area contributed by atoms with E-state index in [1.54, 1.807) is 42.5 Å². The topological polar surface area (TPSA) is 55.1 Å². The second-order valence-corrected chi connectivity index (χ2v) is 5.31. The van der Waals surface area contributed by atoms with Crippen LogP contribution in [0.2, 0.25) is 10.0 Å². The van der Waals surface area contributed by atoms with Gasteiger partial charge in [-0.25, -0.2) is 0 Å². The molecule has 0 aliphatic rings. The highest BCUT2D eigenvalue weighted by Crippen LogP contribution is 2.25. The quantitative estimate of drug-likeness (QED) is 0.842. The summed E-state index contributed by atoms with van der Waals surface area (Å²) in [4.78, 5) is 12.4. The number of amides is 1. The van der Waals surface area contributed by atoms with Gasteiger partial charge in [-0.05, 0) is 30.3 Å². The molecule has 0 aliphatic heterocycles. The van der Waals surface area contributed by atoms with Crippen molar-refractivity contribution in [2.24, 2.45) is 5.73 Å². The Morgan fingerprint density at radius 1 is 1.10 bits per heavy atom. The maximum Gasteiger partial charge on any atom is 0.255 e. The Morgan fingerprint density at radius 2 is 1.80 bits per heavy atom. The molecule has 0 atom stereocenters. The van der Waals surface area contributed by atoms with E-state index >= 15 is 0 Å². The highest BCUT2D eigenvalue weighted by atomic mass is 35.5. The van der Waals surface area contributed by atoms with E-state index in [0.29, 0.717) is 26.9 Å². The molecule has 0 aromatic heterocycles. The molecule has 0 spiro atoms. The molecular weight excluding hydrogens is 315 g/mol. The standard InChI is InChI=1S/C14H10Cl2N2OS/c15-10-4-5-12(11(16)7-10)18-14(19)9-3-1-2-8(6-9)13(17)20/h1-7H,(H2,17,20)(H,18,19). The Hall–Kier alpha value is -1.62. The molecule has 0 saturated heterocycles. The fraction of sp³-hybridized carbons (Fsp3) is 0. The Labute approximate surface area is 131 Å². The number of anilines is 1. The van der Waals surface area contributed by atoms with Crippen molar-refractivity contribution in [1.82, 2.24) is 0 Å². The minimum absolute atomic E-state index is 0.240. The molecule has 0 fully saturated rings. The van der Waals surface area contributed by atoms with Crippen LogP contribution in [-0.4, -0.2) is 10.9 Å². The maximum atomic E-state index is 12.1. The number of carbonyl (C=O) groups excluding carboxylic acids is 1. The van der Waals surface area contributed by atoms with Crippen molar-refractivity contribution in [1.29, 1.82) is 0 Å². The second kappa shape index (κ2) is 6.22. The number of nitrogens with one attached hydrogen (secondary N) is 1. The third-order valence-electron chi connectivity index (χ3n) is 2.59. The van der Waals surface area contributed by atoms with Crippen LogP contribution in [0.1, 0.15) is 15.9 Å². The predicted molar refractivity (Wildman–Crippen MR) is 86.7 cm³/mol. The SMILES string of the molecule is NC(=S)c1cccc(C(=O)Nc2ccc(Cl)cc2Cl)c1. The van der Waals surface area contributed by atoms with Crippen molar-refractivity contribution in [2.75, 3.05) is 5.32 Å². The van der Waals surface area contributed by atoms with E-state index in [1.807, 2.05) is 0 Å². The van der Waals surface area contributed by atoms with Crippen LogP contribution in [0, 0.1) is 0 Å². The molecule has 3 nitrogen and oxygen atoms in total. The summed E-state index contributed by atoms with van der Waals surface area (Å²) in [6, 6.07) is 11.6. The second-order valence-electron chi connectivity index (χ2n) is 4.02. The highest BCUT2D eigenvalue weighted by molar-refractivity contribution is 7.80. The van der Waals surface area contributed by atoms with Crippen LogP contribution >= 0.6 is 35.4 Å². The van der Waals surface area contributed by atoms with Gasteiger partial charge in [-0.15, -0.1) is 0 Å². The van der Waals surface area contributed by atoms with Crippen molar-refractivity contribution in [3.8, 4) is 0 Å². The fourth-order valence-corrected chi connectivity index (χ4v) is 2.18. The summed E-state index contributed by atoms with van der Waals surface area (Å²) in [5.41, 5.74) is 7.11. The average Bonchev–Trinajstić information content (AvgIpc) is 2.42. The van der Waals surface area contributed by atoms with Gasteiger partial charge in [0, 0.05) is 16.1 Å². The molecule has 102 valence electrons. The van der Waals surface area contributed by atoms with E-state index in [1.165, 1.54) is 0 Å². The molecule has 20 heavy (non-hydrogen) atoms. The van der Waals surface area contributed by atoms with E-state index in [-0.39, 0.29) is 10.9 Å². The lowest BCUT2D eigenvalue weighted by molar-refractivity contribution is 0.102. The summed E-state index contributed by atoms with van der Waals surface area (Å²) >= 11 is 16.7. The zero-order valence-corrected chi connectivity index (χ0v) is 12.5. The third kappa shape index (κ3) is 3.48. The van der Waals surface area contributed by atoms with Crippen molar-refractivity contribution in [3.63, 3.8) is 0 Å². The van der Waals surface area contributed by atoms with Gasteiger partial charge in [0.1, 0.15) is 4.99 Å². The van der Waals surface area contributed by atoms with Crippen molar-refractivity contribution in [2.45, 2.75) is 0 Å². The lowest BCUT2D eigenvalue weighted by Crippen LogP contribution is -2.15. The van der Waals surface area contributed by atoms with Crippen LogP contribution in [0.5, 0.6) is 0 Å². The monoisotopic (exact) mass is 324 g/mol. The molecule has 0 saturated carbocycles. The Morgan fingerprint density at radius 3 is 2.45 bits per heavy atom. The maximum absolute atomic E-state index is 12.1. The van der Waals surface area contributed by atoms with Gasteiger partial charge in [-0.1, -0.05) is 47.6 Å². The summed E-state index contributed by atoms with van der Waals surface area (Å²) in [5.74, 6) is -0.299. The Bertz CT molecular complexity index is 689. The zero-order valence-electron chi connectivity index (χ0n) is 10.2. The van der Waals surface area contributed by atoms with Crippen molar-refractivity contribution < 1.29 is 4.79 Å². The van der Waals surface area contributed by atoms with E-state index in [2.05, 4.69) is 5.32 Å². The number of rotatable bonds is 3. The van der Waals surface area contributed by atoms with Gasteiger partial charge in [-0.2, -0.15) is 0 Å². The van der Waals surface area contributed by atoms with E-state index in [4.69, 9.17) is 41.2 Å². The number of hydrogen-bond acceptors (Lipinski definition) is 2. The van der Waals surface area contributed by atoms with Crippen LogP contribution < -0.4 is 11.1 Å². The molecule has 2 aromatic carbocycles. The van der Waals surface area contributed by atoms with Gasteiger partial charge in [0.2, 0.25) is 0 Å². The van der Waals surface area contributed by atoms with Crippen LogP contribution in [0.15, 0.2) is 42.5 Å². The molecule has 0 unspecified atom stereocenters. The number of benzene rings is 2. The first-order valence-corrected chi connectivity index (χ1v) is 6.80. The summed E-state index contributed by atoms with van der Waals surface area (Å²) in [6.45, 7) is 0. The fourth-order valence-electron chi connectivity index (χ4n) is 1.60. The van der Waals surface area contributed by atoms with E-state index in [0.717, 1.165) is 0 Å². The predicted octanol–water partition coefficient (Wildman–Crippen LogP) is 3.88. The van der Waals surface area contributed by atoms with E-state index in [9.17, 15) is 4.79 Å². The summed E-state index contributed by atoms with van der Waals surface area (Å²) < 4.78 is 0. The van der Waals surface area contributed by atoms with Gasteiger partial charge in [0.25, 0.3) is 5.91 Å². The number of nitrogens with two attached hydrogens (primary N) is 1. The molecule has 1 amide bonds. The van der Waals surface area contributed by atoms with Crippen LogP contribution in [0.3, 0.4) is 0 Å².